The minimum absolute atomic E-state index is 0.0706. The molecule has 1 amide bonds. The van der Waals surface area contributed by atoms with Gasteiger partial charge in [0.1, 0.15) is 0 Å². The molecule has 3 rings (SSSR count). The summed E-state index contributed by atoms with van der Waals surface area (Å²) in [7, 11) is 1.98. The number of pyridine rings is 1. The van der Waals surface area contributed by atoms with E-state index in [1.54, 1.807) is 12.4 Å². The van der Waals surface area contributed by atoms with E-state index in [1.165, 1.54) is 0 Å². The molecule has 1 N–H and O–H groups in total. The number of likely N-dealkylation sites (tertiary alicyclic amines) is 1. The highest BCUT2D eigenvalue weighted by atomic mass is 35.5. The molecule has 0 unspecified atom stereocenters. The molecular weight excluding hydrogens is 322 g/mol. The Balaban J connectivity index is 1.72. The third kappa shape index (κ3) is 3.94. The van der Waals surface area contributed by atoms with Crippen molar-refractivity contribution >= 4 is 17.5 Å². The molecule has 1 aliphatic heterocycles. The molecule has 0 spiro atoms. The van der Waals surface area contributed by atoms with Crippen molar-refractivity contribution in [3.05, 3.63) is 53.3 Å². The molecule has 1 aliphatic rings. The molecule has 4 nitrogen and oxygen atoms in total. The van der Waals surface area contributed by atoms with E-state index in [-0.39, 0.29) is 5.91 Å². The zero-order valence-corrected chi connectivity index (χ0v) is 14.6. The highest BCUT2D eigenvalue weighted by molar-refractivity contribution is 6.30. The van der Waals surface area contributed by atoms with Crippen LogP contribution in [0.3, 0.4) is 0 Å². The van der Waals surface area contributed by atoms with Crippen LogP contribution in [0.1, 0.15) is 23.2 Å². The quantitative estimate of drug-likeness (QED) is 0.924. The number of benzene rings is 1. The Labute approximate surface area is 147 Å². The van der Waals surface area contributed by atoms with E-state index in [4.69, 9.17) is 11.6 Å². The fourth-order valence-corrected chi connectivity index (χ4v) is 3.29. The van der Waals surface area contributed by atoms with Gasteiger partial charge in [0, 0.05) is 36.1 Å². The van der Waals surface area contributed by atoms with E-state index < -0.39 is 0 Å². The number of hydrogen-bond donors (Lipinski definition) is 1. The van der Waals surface area contributed by atoms with E-state index in [2.05, 4.69) is 10.3 Å². The van der Waals surface area contributed by atoms with Crippen molar-refractivity contribution in [3.8, 4) is 11.1 Å². The molecule has 0 atom stereocenters. The van der Waals surface area contributed by atoms with Crippen LogP contribution < -0.4 is 5.32 Å². The van der Waals surface area contributed by atoms with E-state index in [0.717, 1.165) is 43.6 Å². The molecule has 1 saturated heterocycles. The zero-order valence-electron chi connectivity index (χ0n) is 13.8. The number of nitrogens with one attached hydrogen (secondary N) is 1. The van der Waals surface area contributed by atoms with Crippen molar-refractivity contribution in [2.75, 3.05) is 26.7 Å². The monoisotopic (exact) mass is 343 g/mol. The molecular formula is C19H22ClN3O. The standard InChI is InChI=1S/C19H22ClN3O/c1-21-11-14-6-8-23(9-7-14)19(24)17-10-16(12-22-13-17)15-2-4-18(20)5-3-15/h2-5,10,12-14,21H,6-9,11H2,1H3. The summed E-state index contributed by atoms with van der Waals surface area (Å²) in [5, 5.41) is 3.92. The minimum atomic E-state index is 0.0706. The third-order valence-corrected chi connectivity index (χ3v) is 4.81. The van der Waals surface area contributed by atoms with Crippen LogP contribution in [0.15, 0.2) is 42.7 Å². The van der Waals surface area contributed by atoms with Crippen molar-refractivity contribution in [2.24, 2.45) is 5.92 Å². The van der Waals surface area contributed by atoms with E-state index in [0.29, 0.717) is 16.5 Å². The Morgan fingerprint density at radius 3 is 2.58 bits per heavy atom. The number of aromatic nitrogens is 1. The Hall–Kier alpha value is -1.91. The maximum atomic E-state index is 12.8. The number of piperidine rings is 1. The van der Waals surface area contributed by atoms with Crippen LogP contribution in [0.4, 0.5) is 0 Å². The van der Waals surface area contributed by atoms with Crippen molar-refractivity contribution in [3.63, 3.8) is 0 Å². The van der Waals surface area contributed by atoms with Crippen LogP contribution in [0, 0.1) is 5.92 Å². The predicted molar refractivity (Wildman–Crippen MR) is 97.2 cm³/mol. The zero-order chi connectivity index (χ0) is 16.9. The van der Waals surface area contributed by atoms with Gasteiger partial charge in [-0.25, -0.2) is 0 Å². The van der Waals surface area contributed by atoms with Gasteiger partial charge in [-0.3, -0.25) is 9.78 Å². The van der Waals surface area contributed by atoms with Crippen molar-refractivity contribution in [2.45, 2.75) is 12.8 Å². The molecule has 1 aromatic heterocycles. The van der Waals surface area contributed by atoms with Crippen LogP contribution in [-0.4, -0.2) is 42.5 Å². The van der Waals surface area contributed by atoms with Crippen molar-refractivity contribution in [1.29, 1.82) is 0 Å². The molecule has 0 aliphatic carbocycles. The summed E-state index contributed by atoms with van der Waals surface area (Å²) < 4.78 is 0. The molecule has 0 saturated carbocycles. The first kappa shape index (κ1) is 16.9. The van der Waals surface area contributed by atoms with Gasteiger partial charge >= 0.3 is 0 Å². The topological polar surface area (TPSA) is 45.2 Å². The highest BCUT2D eigenvalue weighted by Gasteiger charge is 2.23. The molecule has 1 fully saturated rings. The second-order valence-corrected chi connectivity index (χ2v) is 6.70. The van der Waals surface area contributed by atoms with Crippen LogP contribution >= 0.6 is 11.6 Å². The lowest BCUT2D eigenvalue weighted by Gasteiger charge is -2.32. The lowest BCUT2D eigenvalue weighted by atomic mass is 9.96. The lowest BCUT2D eigenvalue weighted by Crippen LogP contribution is -2.40. The molecule has 1 aromatic carbocycles. The molecule has 5 heteroatoms. The van der Waals surface area contributed by atoms with Gasteiger partial charge in [0.15, 0.2) is 0 Å². The first-order valence-electron chi connectivity index (χ1n) is 8.32. The minimum Gasteiger partial charge on any atom is -0.339 e. The third-order valence-electron chi connectivity index (χ3n) is 4.56. The molecule has 2 aromatic rings. The van der Waals surface area contributed by atoms with E-state index in [1.807, 2.05) is 42.3 Å². The first-order chi connectivity index (χ1) is 11.7. The van der Waals surface area contributed by atoms with Gasteiger partial charge in [-0.15, -0.1) is 0 Å². The molecule has 2 heterocycles. The lowest BCUT2D eigenvalue weighted by molar-refractivity contribution is 0.0690. The summed E-state index contributed by atoms with van der Waals surface area (Å²) in [6.45, 7) is 2.66. The summed E-state index contributed by atoms with van der Waals surface area (Å²) in [5.41, 5.74) is 2.59. The van der Waals surface area contributed by atoms with E-state index in [9.17, 15) is 4.79 Å². The molecule has 24 heavy (non-hydrogen) atoms. The summed E-state index contributed by atoms with van der Waals surface area (Å²) >= 11 is 5.94. The number of nitrogens with zero attached hydrogens (tertiary/aromatic N) is 2. The normalized spacial score (nSPS) is 15.5. The fourth-order valence-electron chi connectivity index (χ4n) is 3.17. The Morgan fingerprint density at radius 2 is 1.92 bits per heavy atom. The van der Waals surface area contributed by atoms with Gasteiger partial charge in [-0.05, 0) is 56.1 Å². The summed E-state index contributed by atoms with van der Waals surface area (Å²) in [5.74, 6) is 0.735. The number of rotatable bonds is 4. The average Bonchev–Trinajstić information content (AvgIpc) is 2.63. The largest absolute Gasteiger partial charge is 0.339 e. The maximum Gasteiger partial charge on any atom is 0.255 e. The van der Waals surface area contributed by atoms with Crippen LogP contribution in [0.2, 0.25) is 5.02 Å². The molecule has 126 valence electrons. The summed E-state index contributed by atoms with van der Waals surface area (Å²) in [6, 6.07) is 9.49. The number of hydrogen-bond acceptors (Lipinski definition) is 3. The number of carbonyl (C=O) groups is 1. The van der Waals surface area contributed by atoms with Gasteiger partial charge in [0.05, 0.1) is 5.56 Å². The first-order valence-corrected chi connectivity index (χ1v) is 8.70. The Kier molecular flexibility index (Phi) is 5.48. The predicted octanol–water partition coefficient (Wildman–Crippen LogP) is 3.47. The second kappa shape index (κ2) is 7.77. The van der Waals surface area contributed by atoms with Gasteiger partial charge in [-0.2, -0.15) is 0 Å². The summed E-state index contributed by atoms with van der Waals surface area (Å²) in [6.07, 6.45) is 5.54. The van der Waals surface area contributed by atoms with Gasteiger partial charge in [-0.1, -0.05) is 23.7 Å². The van der Waals surface area contributed by atoms with Gasteiger partial charge in [0.2, 0.25) is 0 Å². The Morgan fingerprint density at radius 1 is 1.21 bits per heavy atom. The number of halogens is 1. The van der Waals surface area contributed by atoms with Crippen molar-refractivity contribution in [1.82, 2.24) is 15.2 Å². The highest BCUT2D eigenvalue weighted by Crippen LogP contribution is 2.23. The fraction of sp³-hybridized carbons (Fsp3) is 0.368. The van der Waals surface area contributed by atoms with Crippen molar-refractivity contribution < 1.29 is 4.79 Å². The van der Waals surface area contributed by atoms with Crippen LogP contribution in [-0.2, 0) is 0 Å². The van der Waals surface area contributed by atoms with Crippen LogP contribution in [0.25, 0.3) is 11.1 Å². The molecule has 0 radical (unpaired) electrons. The average molecular weight is 344 g/mol. The summed E-state index contributed by atoms with van der Waals surface area (Å²) in [4.78, 5) is 18.9. The smallest absolute Gasteiger partial charge is 0.255 e. The van der Waals surface area contributed by atoms with E-state index >= 15 is 0 Å². The number of carbonyl (C=O) groups excluding carboxylic acids is 1. The number of amides is 1. The van der Waals surface area contributed by atoms with Gasteiger partial charge in [0.25, 0.3) is 5.91 Å². The Bertz CT molecular complexity index is 694. The van der Waals surface area contributed by atoms with Crippen LogP contribution in [0.5, 0.6) is 0 Å². The maximum absolute atomic E-state index is 12.8. The second-order valence-electron chi connectivity index (χ2n) is 6.26. The van der Waals surface area contributed by atoms with Gasteiger partial charge < -0.3 is 10.2 Å². The molecule has 0 bridgehead atoms. The SMILES string of the molecule is CNCC1CCN(C(=O)c2cncc(-c3ccc(Cl)cc3)c2)CC1.